The van der Waals surface area contributed by atoms with Crippen molar-refractivity contribution in [3.05, 3.63) is 27.0 Å². The molecule has 0 unspecified atom stereocenters. The Bertz CT molecular complexity index is 334. The number of nitrogens with zero attached hydrogens (tertiary/aromatic N) is 2. The van der Waals surface area contributed by atoms with Crippen LogP contribution in [0.3, 0.4) is 0 Å². The Morgan fingerprint density at radius 1 is 1.77 bits per heavy atom. The van der Waals surface area contributed by atoms with E-state index in [4.69, 9.17) is 0 Å². The number of aromatic nitrogens is 1. The Morgan fingerprint density at radius 2 is 2.46 bits per heavy atom. The number of rotatable bonds is 3. The highest BCUT2D eigenvalue weighted by atomic mass is 79.9. The lowest BCUT2D eigenvalue weighted by atomic mass is 10.4. The largest absolute Gasteiger partial charge is 0.460 e. The van der Waals surface area contributed by atoms with Gasteiger partial charge in [0.2, 0.25) is 6.86 Å². The Morgan fingerprint density at radius 3 is 3.00 bits per heavy atom. The van der Waals surface area contributed by atoms with E-state index in [1.165, 1.54) is 0 Å². The summed E-state index contributed by atoms with van der Waals surface area (Å²) in [6, 6.07) is 1.09. The lowest BCUT2D eigenvalue weighted by Crippen LogP contribution is -1.95. The minimum absolute atomic E-state index is 0.0108. The normalized spacial score (nSPS) is 9.69. The van der Waals surface area contributed by atoms with Crippen molar-refractivity contribution in [2.45, 2.75) is 0 Å². The van der Waals surface area contributed by atoms with Crippen molar-refractivity contribution in [3.8, 4) is 5.75 Å². The summed E-state index contributed by atoms with van der Waals surface area (Å²) in [5.41, 5.74) is -0.244. The van der Waals surface area contributed by atoms with Gasteiger partial charge < -0.3 is 4.74 Å². The molecular weight excluding hydrogens is 247 g/mol. The summed E-state index contributed by atoms with van der Waals surface area (Å²) >= 11 is 2.96. The highest BCUT2D eigenvalue weighted by molar-refractivity contribution is 9.10. The van der Waals surface area contributed by atoms with Crippen molar-refractivity contribution in [3.63, 3.8) is 0 Å². The molecule has 1 aromatic heterocycles. The molecule has 0 spiro atoms. The molecule has 0 aliphatic carbocycles. The number of hydrogen-bond donors (Lipinski definition) is 0. The second kappa shape index (κ2) is 4.13. The van der Waals surface area contributed by atoms with E-state index in [1.807, 2.05) is 0 Å². The zero-order chi connectivity index (χ0) is 9.84. The fraction of sp³-hybridized carbons (Fsp3) is 0.167. The van der Waals surface area contributed by atoms with Crippen molar-refractivity contribution in [2.75, 3.05) is 6.86 Å². The maximum Gasteiger partial charge on any atom is 0.291 e. The monoisotopic (exact) mass is 250 g/mol. The predicted octanol–water partition coefficient (Wildman–Crippen LogP) is 2.06. The van der Waals surface area contributed by atoms with E-state index in [9.17, 15) is 14.5 Å². The van der Waals surface area contributed by atoms with Crippen LogP contribution in [-0.4, -0.2) is 16.8 Å². The SMILES string of the molecule is O=[N+]([O-])c1cnc(Br)c(OCF)c1. The minimum atomic E-state index is -1.05. The third kappa shape index (κ3) is 2.35. The maximum absolute atomic E-state index is 11.8. The summed E-state index contributed by atoms with van der Waals surface area (Å²) in [5.74, 6) is 0.0108. The molecule has 0 aliphatic rings. The van der Waals surface area contributed by atoms with Crippen LogP contribution in [0.25, 0.3) is 0 Å². The number of hydrogen-bond acceptors (Lipinski definition) is 4. The molecule has 0 saturated carbocycles. The third-order valence-corrected chi connectivity index (χ3v) is 1.81. The lowest BCUT2D eigenvalue weighted by Gasteiger charge is -2.01. The highest BCUT2D eigenvalue weighted by Crippen LogP contribution is 2.26. The van der Waals surface area contributed by atoms with Gasteiger partial charge in [-0.15, -0.1) is 0 Å². The Hall–Kier alpha value is -1.24. The molecule has 0 fully saturated rings. The van der Waals surface area contributed by atoms with Gasteiger partial charge >= 0.3 is 0 Å². The van der Waals surface area contributed by atoms with Crippen LogP contribution < -0.4 is 4.74 Å². The van der Waals surface area contributed by atoms with Gasteiger partial charge in [-0.2, -0.15) is 0 Å². The minimum Gasteiger partial charge on any atom is -0.460 e. The van der Waals surface area contributed by atoms with E-state index in [0.29, 0.717) is 0 Å². The van der Waals surface area contributed by atoms with E-state index >= 15 is 0 Å². The molecule has 0 bridgehead atoms. The molecule has 5 nitrogen and oxygen atoms in total. The molecule has 1 heterocycles. The molecule has 0 amide bonds. The highest BCUT2D eigenvalue weighted by Gasteiger charge is 2.11. The number of halogens is 2. The van der Waals surface area contributed by atoms with Crippen LogP contribution in [-0.2, 0) is 0 Å². The van der Waals surface area contributed by atoms with Gasteiger partial charge in [0, 0.05) is 0 Å². The summed E-state index contributed by atoms with van der Waals surface area (Å²) in [7, 11) is 0. The van der Waals surface area contributed by atoms with Crippen LogP contribution in [0.1, 0.15) is 0 Å². The first-order chi connectivity index (χ1) is 6.15. The average molecular weight is 251 g/mol. The molecule has 0 N–H and O–H groups in total. The van der Waals surface area contributed by atoms with Crippen LogP contribution in [0.5, 0.6) is 5.75 Å². The van der Waals surface area contributed by atoms with Gasteiger partial charge in [0.05, 0.1) is 11.0 Å². The molecule has 0 aliphatic heterocycles. The van der Waals surface area contributed by atoms with Gasteiger partial charge in [-0.25, -0.2) is 9.37 Å². The number of alkyl halides is 1. The molecule has 0 aromatic carbocycles. The molecule has 0 radical (unpaired) electrons. The second-order valence-electron chi connectivity index (χ2n) is 1.99. The van der Waals surface area contributed by atoms with Crippen LogP contribution in [0.4, 0.5) is 10.1 Å². The van der Waals surface area contributed by atoms with E-state index in [-0.39, 0.29) is 16.0 Å². The fourth-order valence-electron chi connectivity index (χ4n) is 0.677. The first-order valence-corrected chi connectivity index (χ1v) is 3.93. The molecule has 1 rings (SSSR count). The van der Waals surface area contributed by atoms with Crippen LogP contribution >= 0.6 is 15.9 Å². The van der Waals surface area contributed by atoms with Crippen LogP contribution in [0.2, 0.25) is 0 Å². The zero-order valence-corrected chi connectivity index (χ0v) is 7.82. The average Bonchev–Trinajstić information content (AvgIpc) is 2.08. The number of nitro groups is 1. The Labute approximate surface area is 80.8 Å². The van der Waals surface area contributed by atoms with E-state index < -0.39 is 11.8 Å². The number of ether oxygens (including phenoxy) is 1. The first kappa shape index (κ1) is 9.85. The third-order valence-electron chi connectivity index (χ3n) is 1.21. The van der Waals surface area contributed by atoms with E-state index in [2.05, 4.69) is 25.7 Å². The summed E-state index contributed by atoms with van der Waals surface area (Å²) in [6.07, 6.45) is 1.05. The van der Waals surface area contributed by atoms with Crippen molar-refractivity contribution >= 4 is 21.6 Å². The zero-order valence-electron chi connectivity index (χ0n) is 6.24. The molecule has 1 aromatic rings. The molecule has 0 saturated heterocycles. The van der Waals surface area contributed by atoms with Crippen LogP contribution in [0.15, 0.2) is 16.9 Å². The van der Waals surface area contributed by atoms with Crippen molar-refractivity contribution in [1.82, 2.24) is 4.98 Å². The van der Waals surface area contributed by atoms with Crippen molar-refractivity contribution < 1.29 is 14.1 Å². The summed E-state index contributed by atoms with van der Waals surface area (Å²) in [4.78, 5) is 13.2. The van der Waals surface area contributed by atoms with Gasteiger partial charge in [-0.05, 0) is 15.9 Å². The van der Waals surface area contributed by atoms with Crippen LogP contribution in [0, 0.1) is 10.1 Å². The predicted molar refractivity (Wildman–Crippen MR) is 45.2 cm³/mol. The van der Waals surface area contributed by atoms with Gasteiger partial charge in [-0.3, -0.25) is 10.1 Å². The molecule has 13 heavy (non-hydrogen) atoms. The van der Waals surface area contributed by atoms with Crippen molar-refractivity contribution in [1.29, 1.82) is 0 Å². The van der Waals surface area contributed by atoms with Gasteiger partial charge in [0.1, 0.15) is 10.8 Å². The summed E-state index contributed by atoms with van der Waals surface area (Å²) < 4.78 is 16.4. The molecule has 7 heteroatoms. The Kier molecular flexibility index (Phi) is 3.13. The maximum atomic E-state index is 11.8. The second-order valence-corrected chi connectivity index (χ2v) is 2.74. The standard InChI is InChI=1S/C6H4BrFN2O3/c7-6-5(13-3-8)1-4(2-9-6)10(11)12/h1-2H,3H2. The number of pyridine rings is 1. The molecule has 0 atom stereocenters. The van der Waals surface area contributed by atoms with Crippen molar-refractivity contribution in [2.24, 2.45) is 0 Å². The summed E-state index contributed by atoms with van der Waals surface area (Å²) in [6.45, 7) is -1.05. The smallest absolute Gasteiger partial charge is 0.291 e. The molecular formula is C6H4BrFN2O3. The fourth-order valence-corrected chi connectivity index (χ4v) is 1.01. The van der Waals surface area contributed by atoms with E-state index in [0.717, 1.165) is 12.3 Å². The first-order valence-electron chi connectivity index (χ1n) is 3.14. The lowest BCUT2D eigenvalue weighted by molar-refractivity contribution is -0.385. The van der Waals surface area contributed by atoms with Gasteiger partial charge in [0.25, 0.3) is 5.69 Å². The quantitative estimate of drug-likeness (QED) is 0.468. The summed E-state index contributed by atoms with van der Waals surface area (Å²) in [5, 5.41) is 10.3. The van der Waals surface area contributed by atoms with Gasteiger partial charge in [0.15, 0.2) is 5.75 Å². The Balaban J connectivity index is 3.03. The molecule has 70 valence electrons. The van der Waals surface area contributed by atoms with Gasteiger partial charge in [-0.1, -0.05) is 0 Å². The van der Waals surface area contributed by atoms with E-state index in [1.54, 1.807) is 0 Å². The topological polar surface area (TPSA) is 65.3 Å².